The van der Waals surface area contributed by atoms with E-state index in [9.17, 15) is 9.59 Å². The minimum absolute atomic E-state index is 0.0834. The fraction of sp³-hybridized carbons (Fsp3) is 0.529. The molecule has 2 fully saturated rings. The highest BCUT2D eigenvalue weighted by atomic mass is 16.2. The molecule has 0 spiro atoms. The molecule has 126 valence electrons. The van der Waals surface area contributed by atoms with Crippen molar-refractivity contribution < 1.29 is 4.79 Å². The maximum absolute atomic E-state index is 12.4. The molecule has 1 N–H and O–H groups in total. The Hall–Kier alpha value is -2.28. The third kappa shape index (κ3) is 2.80. The lowest BCUT2D eigenvalue weighted by Crippen LogP contribution is -2.48. The first kappa shape index (κ1) is 15.3. The van der Waals surface area contributed by atoms with Crippen molar-refractivity contribution in [2.24, 2.45) is 0 Å². The maximum Gasteiger partial charge on any atom is 0.278 e. The Bertz CT molecular complexity index is 818. The number of carbonyl (C=O) groups is 1. The lowest BCUT2D eigenvalue weighted by molar-refractivity contribution is -0.122. The SMILES string of the molecule is O=C(Cn1nnc2ccccc2c1=O)NC1CCN2CCCCC12. The van der Waals surface area contributed by atoms with Crippen LogP contribution in [0.25, 0.3) is 10.9 Å². The zero-order valence-corrected chi connectivity index (χ0v) is 13.5. The van der Waals surface area contributed by atoms with Gasteiger partial charge >= 0.3 is 0 Å². The Morgan fingerprint density at radius 3 is 3.00 bits per heavy atom. The zero-order chi connectivity index (χ0) is 16.5. The van der Waals surface area contributed by atoms with Crippen molar-refractivity contribution in [3.8, 4) is 0 Å². The van der Waals surface area contributed by atoms with Gasteiger partial charge in [0.25, 0.3) is 5.56 Å². The van der Waals surface area contributed by atoms with Gasteiger partial charge in [0, 0.05) is 18.6 Å². The topological polar surface area (TPSA) is 80.1 Å². The third-order valence-corrected chi connectivity index (χ3v) is 5.13. The minimum atomic E-state index is -0.276. The van der Waals surface area contributed by atoms with Crippen molar-refractivity contribution in [1.82, 2.24) is 25.2 Å². The van der Waals surface area contributed by atoms with Gasteiger partial charge < -0.3 is 5.32 Å². The normalized spacial score (nSPS) is 24.0. The van der Waals surface area contributed by atoms with Gasteiger partial charge in [-0.25, -0.2) is 4.68 Å². The number of carbonyl (C=O) groups excluding carboxylic acids is 1. The van der Waals surface area contributed by atoms with Crippen molar-refractivity contribution in [1.29, 1.82) is 0 Å². The van der Waals surface area contributed by atoms with Crippen molar-refractivity contribution in [2.75, 3.05) is 13.1 Å². The quantitative estimate of drug-likeness (QED) is 0.890. The number of fused-ring (bicyclic) bond motifs is 2. The van der Waals surface area contributed by atoms with E-state index in [4.69, 9.17) is 0 Å². The van der Waals surface area contributed by atoms with E-state index in [1.165, 1.54) is 12.8 Å². The summed E-state index contributed by atoms with van der Waals surface area (Å²) in [4.78, 5) is 27.2. The predicted octanol–water partition coefficient (Wildman–Crippen LogP) is 0.534. The highest BCUT2D eigenvalue weighted by Gasteiger charge is 2.36. The van der Waals surface area contributed by atoms with Crippen LogP contribution in [0.4, 0.5) is 0 Å². The Labute approximate surface area is 139 Å². The molecule has 2 aromatic rings. The van der Waals surface area contributed by atoms with Gasteiger partial charge in [0.1, 0.15) is 12.1 Å². The molecule has 0 radical (unpaired) electrons. The molecule has 0 bridgehead atoms. The Morgan fingerprint density at radius 2 is 2.08 bits per heavy atom. The molecule has 7 nitrogen and oxygen atoms in total. The molecule has 2 aliphatic rings. The van der Waals surface area contributed by atoms with E-state index < -0.39 is 0 Å². The van der Waals surface area contributed by atoms with E-state index in [1.807, 2.05) is 6.07 Å². The lowest BCUT2D eigenvalue weighted by atomic mass is 9.99. The van der Waals surface area contributed by atoms with E-state index in [1.54, 1.807) is 18.2 Å². The van der Waals surface area contributed by atoms with Gasteiger partial charge in [-0.15, -0.1) is 5.10 Å². The van der Waals surface area contributed by atoms with Crippen LogP contribution >= 0.6 is 0 Å². The number of benzene rings is 1. The standard InChI is InChI=1S/C17H21N5O2/c23-16(18-14-8-10-21-9-4-3-7-15(14)21)11-22-17(24)12-5-1-2-6-13(12)19-20-22/h1-2,5-6,14-15H,3-4,7-11H2,(H,18,23). The second-order valence-electron chi connectivity index (χ2n) is 6.63. The fourth-order valence-corrected chi connectivity index (χ4v) is 3.93. The second kappa shape index (κ2) is 6.32. The molecule has 1 aromatic carbocycles. The predicted molar refractivity (Wildman–Crippen MR) is 89.6 cm³/mol. The van der Waals surface area contributed by atoms with E-state index in [0.29, 0.717) is 16.9 Å². The van der Waals surface area contributed by atoms with Crippen molar-refractivity contribution in [2.45, 2.75) is 44.3 Å². The zero-order valence-electron chi connectivity index (χ0n) is 13.5. The van der Waals surface area contributed by atoms with Crippen LogP contribution < -0.4 is 10.9 Å². The number of hydrogen-bond donors (Lipinski definition) is 1. The molecule has 0 saturated carbocycles. The van der Waals surface area contributed by atoms with Gasteiger partial charge in [0.2, 0.25) is 5.91 Å². The second-order valence-corrected chi connectivity index (χ2v) is 6.63. The highest BCUT2D eigenvalue weighted by Crippen LogP contribution is 2.27. The average molecular weight is 327 g/mol. The fourth-order valence-electron chi connectivity index (χ4n) is 3.93. The summed E-state index contributed by atoms with van der Waals surface area (Å²) in [6, 6.07) is 7.67. The summed E-state index contributed by atoms with van der Waals surface area (Å²) in [5.41, 5.74) is 0.272. The van der Waals surface area contributed by atoms with Crippen LogP contribution in [0, 0.1) is 0 Å². The van der Waals surface area contributed by atoms with Gasteiger partial charge in [-0.2, -0.15) is 0 Å². The number of aromatic nitrogens is 3. The number of amides is 1. The number of nitrogens with one attached hydrogen (secondary N) is 1. The minimum Gasteiger partial charge on any atom is -0.350 e. The number of hydrogen-bond acceptors (Lipinski definition) is 5. The molecule has 2 aliphatic heterocycles. The van der Waals surface area contributed by atoms with Gasteiger partial charge in [0.05, 0.1) is 5.39 Å². The molecule has 24 heavy (non-hydrogen) atoms. The third-order valence-electron chi connectivity index (χ3n) is 5.13. The number of rotatable bonds is 3. The summed E-state index contributed by atoms with van der Waals surface area (Å²) >= 11 is 0. The molecular weight excluding hydrogens is 306 g/mol. The van der Waals surface area contributed by atoms with E-state index >= 15 is 0 Å². The summed E-state index contributed by atoms with van der Waals surface area (Å²) < 4.78 is 1.14. The van der Waals surface area contributed by atoms with Crippen LogP contribution in [0.15, 0.2) is 29.1 Å². The first-order chi connectivity index (χ1) is 11.7. The molecule has 1 aromatic heterocycles. The molecule has 3 heterocycles. The van der Waals surface area contributed by atoms with Crippen LogP contribution in [-0.2, 0) is 11.3 Å². The molecule has 1 amide bonds. The lowest BCUT2D eigenvalue weighted by Gasteiger charge is -2.32. The highest BCUT2D eigenvalue weighted by molar-refractivity contribution is 5.78. The van der Waals surface area contributed by atoms with Gasteiger partial charge in [-0.05, 0) is 37.9 Å². The van der Waals surface area contributed by atoms with Crippen molar-refractivity contribution in [3.63, 3.8) is 0 Å². The maximum atomic E-state index is 12.4. The Kier molecular flexibility index (Phi) is 4.02. The molecule has 4 rings (SSSR count). The van der Waals surface area contributed by atoms with Crippen LogP contribution in [0.3, 0.4) is 0 Å². The van der Waals surface area contributed by atoms with Crippen LogP contribution in [0.5, 0.6) is 0 Å². The molecule has 2 unspecified atom stereocenters. The molecule has 0 aliphatic carbocycles. The Balaban J connectivity index is 1.47. The van der Waals surface area contributed by atoms with Crippen LogP contribution in [0.2, 0.25) is 0 Å². The first-order valence-corrected chi connectivity index (χ1v) is 8.58. The molecule has 2 atom stereocenters. The molecular formula is C17H21N5O2. The number of nitrogens with zero attached hydrogens (tertiary/aromatic N) is 4. The monoisotopic (exact) mass is 327 g/mol. The summed E-state index contributed by atoms with van der Waals surface area (Å²) in [6.45, 7) is 2.10. The molecule has 2 saturated heterocycles. The number of piperidine rings is 1. The van der Waals surface area contributed by atoms with Gasteiger partial charge in [-0.3, -0.25) is 14.5 Å². The first-order valence-electron chi connectivity index (χ1n) is 8.58. The van der Waals surface area contributed by atoms with Crippen LogP contribution in [0.1, 0.15) is 25.7 Å². The van der Waals surface area contributed by atoms with E-state index in [0.717, 1.165) is 30.6 Å². The van der Waals surface area contributed by atoms with Gasteiger partial charge in [0.15, 0.2) is 0 Å². The van der Waals surface area contributed by atoms with E-state index in [-0.39, 0.29) is 24.1 Å². The smallest absolute Gasteiger partial charge is 0.278 e. The molecule has 7 heteroatoms. The van der Waals surface area contributed by atoms with Crippen molar-refractivity contribution >= 4 is 16.8 Å². The summed E-state index contributed by atoms with van der Waals surface area (Å²) in [6.07, 6.45) is 4.60. The summed E-state index contributed by atoms with van der Waals surface area (Å²) in [5.74, 6) is -0.167. The average Bonchev–Trinajstić information content (AvgIpc) is 3.01. The van der Waals surface area contributed by atoms with Crippen LogP contribution in [-0.4, -0.2) is 51.0 Å². The van der Waals surface area contributed by atoms with Gasteiger partial charge in [-0.1, -0.05) is 23.8 Å². The Morgan fingerprint density at radius 1 is 1.21 bits per heavy atom. The summed E-state index contributed by atoms with van der Waals surface area (Å²) in [5, 5.41) is 11.5. The van der Waals surface area contributed by atoms with Crippen molar-refractivity contribution in [3.05, 3.63) is 34.6 Å². The van der Waals surface area contributed by atoms with E-state index in [2.05, 4.69) is 20.5 Å². The largest absolute Gasteiger partial charge is 0.350 e. The summed E-state index contributed by atoms with van der Waals surface area (Å²) in [7, 11) is 0.